The first kappa shape index (κ1) is 17.5. The Morgan fingerprint density at radius 2 is 2.09 bits per heavy atom. The van der Waals surface area contributed by atoms with Crippen molar-refractivity contribution in [1.82, 2.24) is 14.7 Å². The van der Waals surface area contributed by atoms with Crippen molar-refractivity contribution in [1.29, 1.82) is 0 Å². The Morgan fingerprint density at radius 3 is 2.70 bits per heavy atom. The van der Waals surface area contributed by atoms with Gasteiger partial charge in [-0.25, -0.2) is 0 Å². The fourth-order valence-corrected chi connectivity index (χ4v) is 3.23. The molecular weight excluding hydrogens is 294 g/mol. The van der Waals surface area contributed by atoms with Crippen LogP contribution in [0.25, 0.3) is 0 Å². The minimum atomic E-state index is -0.177. The van der Waals surface area contributed by atoms with Gasteiger partial charge in [0.05, 0.1) is 18.2 Å². The first-order valence-electron chi connectivity index (χ1n) is 8.37. The number of amides is 1. The number of carbonyl (C=O) groups excluding carboxylic acids is 2. The number of ether oxygens (including phenoxy) is 1. The van der Waals surface area contributed by atoms with Gasteiger partial charge in [-0.2, -0.15) is 5.10 Å². The van der Waals surface area contributed by atoms with Gasteiger partial charge in [0.15, 0.2) is 0 Å². The zero-order valence-corrected chi connectivity index (χ0v) is 14.6. The molecule has 1 fully saturated rings. The van der Waals surface area contributed by atoms with E-state index in [1.54, 1.807) is 0 Å². The summed E-state index contributed by atoms with van der Waals surface area (Å²) in [5.74, 6) is -0.236. The molecule has 0 bridgehead atoms. The zero-order chi connectivity index (χ0) is 17.0. The number of hydrogen-bond acceptors (Lipinski definition) is 4. The minimum absolute atomic E-state index is 0.113. The summed E-state index contributed by atoms with van der Waals surface area (Å²) < 4.78 is 6.94. The maximum absolute atomic E-state index is 12.5. The average molecular weight is 321 g/mol. The van der Waals surface area contributed by atoms with Crippen molar-refractivity contribution in [3.05, 3.63) is 17.0 Å². The summed E-state index contributed by atoms with van der Waals surface area (Å²) in [6, 6.07) is 0. The SMILES string of the molecule is CCOC(=O)C1CCCN(C(=O)CCc2c(C)nn(C)c2C)C1. The van der Waals surface area contributed by atoms with Gasteiger partial charge in [-0.15, -0.1) is 0 Å². The summed E-state index contributed by atoms with van der Waals surface area (Å²) >= 11 is 0. The van der Waals surface area contributed by atoms with Crippen LogP contribution in [0.15, 0.2) is 0 Å². The van der Waals surface area contributed by atoms with Crippen LogP contribution < -0.4 is 0 Å². The van der Waals surface area contributed by atoms with Gasteiger partial charge in [0.25, 0.3) is 0 Å². The molecule has 1 aromatic heterocycles. The molecule has 0 aliphatic carbocycles. The summed E-state index contributed by atoms with van der Waals surface area (Å²) in [7, 11) is 1.92. The van der Waals surface area contributed by atoms with Crippen LogP contribution in [0, 0.1) is 19.8 Å². The molecule has 2 heterocycles. The highest BCUT2D eigenvalue weighted by molar-refractivity contribution is 5.78. The Morgan fingerprint density at radius 1 is 1.35 bits per heavy atom. The topological polar surface area (TPSA) is 64.4 Å². The second-order valence-electron chi connectivity index (χ2n) is 6.20. The molecule has 6 nitrogen and oxygen atoms in total. The number of hydrogen-bond donors (Lipinski definition) is 0. The average Bonchev–Trinajstić information content (AvgIpc) is 2.78. The van der Waals surface area contributed by atoms with Gasteiger partial charge in [-0.05, 0) is 45.6 Å². The number of nitrogens with zero attached hydrogens (tertiary/aromatic N) is 3. The molecule has 0 spiro atoms. The van der Waals surface area contributed by atoms with E-state index in [0.717, 1.165) is 36.3 Å². The van der Waals surface area contributed by atoms with Gasteiger partial charge in [0.2, 0.25) is 5.91 Å². The molecule has 2 rings (SSSR count). The molecule has 1 aliphatic heterocycles. The van der Waals surface area contributed by atoms with E-state index < -0.39 is 0 Å². The van der Waals surface area contributed by atoms with Gasteiger partial charge in [0.1, 0.15) is 0 Å². The molecule has 0 saturated carbocycles. The Labute approximate surface area is 137 Å². The first-order valence-corrected chi connectivity index (χ1v) is 8.37. The van der Waals surface area contributed by atoms with Gasteiger partial charge in [-0.1, -0.05) is 0 Å². The zero-order valence-electron chi connectivity index (χ0n) is 14.6. The Kier molecular flexibility index (Phi) is 5.80. The van der Waals surface area contributed by atoms with Crippen molar-refractivity contribution in [2.24, 2.45) is 13.0 Å². The molecule has 1 aliphatic rings. The number of esters is 1. The van der Waals surface area contributed by atoms with Crippen LogP contribution in [0.1, 0.15) is 43.1 Å². The normalized spacial score (nSPS) is 18.1. The number of piperidine rings is 1. The lowest BCUT2D eigenvalue weighted by molar-refractivity contribution is -0.151. The summed E-state index contributed by atoms with van der Waals surface area (Å²) in [6.45, 7) is 7.43. The molecule has 1 aromatic rings. The van der Waals surface area contributed by atoms with Crippen LogP contribution in [-0.2, 0) is 27.8 Å². The van der Waals surface area contributed by atoms with Crippen molar-refractivity contribution in [2.75, 3.05) is 19.7 Å². The maximum Gasteiger partial charge on any atom is 0.310 e. The molecule has 0 N–H and O–H groups in total. The van der Waals surface area contributed by atoms with E-state index in [1.165, 1.54) is 0 Å². The lowest BCUT2D eigenvalue weighted by Crippen LogP contribution is -2.42. The lowest BCUT2D eigenvalue weighted by atomic mass is 9.97. The van der Waals surface area contributed by atoms with Gasteiger partial charge < -0.3 is 9.64 Å². The van der Waals surface area contributed by atoms with E-state index in [1.807, 2.05) is 37.4 Å². The molecule has 1 atom stereocenters. The van der Waals surface area contributed by atoms with Crippen LogP contribution in [-0.4, -0.2) is 46.3 Å². The molecule has 0 aromatic carbocycles. The summed E-state index contributed by atoms with van der Waals surface area (Å²) in [4.78, 5) is 26.2. The number of aryl methyl sites for hydroxylation is 2. The largest absolute Gasteiger partial charge is 0.466 e. The smallest absolute Gasteiger partial charge is 0.310 e. The molecule has 1 saturated heterocycles. The van der Waals surface area contributed by atoms with Gasteiger partial charge in [-0.3, -0.25) is 14.3 Å². The second-order valence-corrected chi connectivity index (χ2v) is 6.20. The standard InChI is InChI=1S/C17H27N3O3/c1-5-23-17(22)14-7-6-10-20(11-14)16(21)9-8-15-12(2)18-19(4)13(15)3/h14H,5-11H2,1-4H3. The highest BCUT2D eigenvalue weighted by atomic mass is 16.5. The van der Waals surface area contributed by atoms with Crippen molar-refractivity contribution in [3.8, 4) is 0 Å². The van der Waals surface area contributed by atoms with E-state index in [2.05, 4.69) is 5.10 Å². The van der Waals surface area contributed by atoms with Crippen LogP contribution in [0.2, 0.25) is 0 Å². The van der Waals surface area contributed by atoms with Crippen molar-refractivity contribution in [3.63, 3.8) is 0 Å². The quantitative estimate of drug-likeness (QED) is 0.775. The van der Waals surface area contributed by atoms with Crippen molar-refractivity contribution >= 4 is 11.9 Å². The van der Waals surface area contributed by atoms with Crippen LogP contribution >= 0.6 is 0 Å². The predicted octanol–water partition coefficient (Wildman–Crippen LogP) is 1.77. The third-order valence-electron chi connectivity index (χ3n) is 4.64. The number of aromatic nitrogens is 2. The summed E-state index contributed by atoms with van der Waals surface area (Å²) in [5.41, 5.74) is 3.25. The molecule has 6 heteroatoms. The number of carbonyl (C=O) groups is 2. The Hall–Kier alpha value is -1.85. The van der Waals surface area contributed by atoms with E-state index in [4.69, 9.17) is 4.74 Å². The van der Waals surface area contributed by atoms with E-state index in [-0.39, 0.29) is 17.8 Å². The number of rotatable bonds is 5. The van der Waals surface area contributed by atoms with Crippen molar-refractivity contribution in [2.45, 2.75) is 46.5 Å². The fraction of sp³-hybridized carbons (Fsp3) is 0.706. The van der Waals surface area contributed by atoms with Crippen LogP contribution in [0.5, 0.6) is 0 Å². The van der Waals surface area contributed by atoms with Gasteiger partial charge >= 0.3 is 5.97 Å². The van der Waals surface area contributed by atoms with Crippen molar-refractivity contribution < 1.29 is 14.3 Å². The third-order valence-corrected chi connectivity index (χ3v) is 4.64. The molecule has 1 unspecified atom stereocenters. The molecular formula is C17H27N3O3. The molecule has 0 radical (unpaired) electrons. The second kappa shape index (κ2) is 7.62. The molecule has 1 amide bonds. The van der Waals surface area contributed by atoms with Crippen LogP contribution in [0.3, 0.4) is 0 Å². The van der Waals surface area contributed by atoms with E-state index in [0.29, 0.717) is 26.0 Å². The first-order chi connectivity index (χ1) is 10.9. The maximum atomic E-state index is 12.5. The predicted molar refractivity (Wildman–Crippen MR) is 86.9 cm³/mol. The Bertz CT molecular complexity index is 580. The van der Waals surface area contributed by atoms with Gasteiger partial charge in [0, 0.05) is 32.3 Å². The molecule has 128 valence electrons. The fourth-order valence-electron chi connectivity index (χ4n) is 3.23. The lowest BCUT2D eigenvalue weighted by Gasteiger charge is -2.31. The third kappa shape index (κ3) is 4.12. The van der Waals surface area contributed by atoms with Crippen LogP contribution in [0.4, 0.5) is 0 Å². The summed E-state index contributed by atoms with van der Waals surface area (Å²) in [5, 5.41) is 4.39. The number of likely N-dealkylation sites (tertiary alicyclic amines) is 1. The monoisotopic (exact) mass is 321 g/mol. The van der Waals surface area contributed by atoms with E-state index in [9.17, 15) is 9.59 Å². The minimum Gasteiger partial charge on any atom is -0.466 e. The Balaban J connectivity index is 1.91. The summed E-state index contributed by atoms with van der Waals surface area (Å²) in [6.07, 6.45) is 2.83. The van der Waals surface area contributed by atoms with E-state index >= 15 is 0 Å². The highest BCUT2D eigenvalue weighted by Gasteiger charge is 2.29. The highest BCUT2D eigenvalue weighted by Crippen LogP contribution is 2.20. The molecule has 23 heavy (non-hydrogen) atoms.